The SMILES string of the molecule is C=CCNC/C=C/C(=C/COC(C)=O)OC(C)=O. The molecule has 100 valence electrons. The van der Waals surface area contributed by atoms with Crippen molar-refractivity contribution in [1.82, 2.24) is 5.32 Å². The van der Waals surface area contributed by atoms with E-state index in [9.17, 15) is 9.59 Å². The van der Waals surface area contributed by atoms with Crippen molar-refractivity contribution in [2.24, 2.45) is 0 Å². The molecule has 0 aromatic carbocycles. The Morgan fingerprint density at radius 3 is 2.50 bits per heavy atom. The normalized spacial score (nSPS) is 11.3. The van der Waals surface area contributed by atoms with Crippen LogP contribution in [-0.4, -0.2) is 31.6 Å². The number of carbonyl (C=O) groups is 2. The standard InChI is InChI=1S/C13H19NO4/c1-4-8-14-9-5-6-13(18-12(3)16)7-10-17-11(2)15/h4-7,14H,1,8-10H2,2-3H3/b6-5+,13-7-. The van der Waals surface area contributed by atoms with Gasteiger partial charge in [-0.25, -0.2) is 0 Å². The summed E-state index contributed by atoms with van der Waals surface area (Å²) in [6, 6.07) is 0. The first kappa shape index (κ1) is 16.1. The fraction of sp³-hybridized carbons (Fsp3) is 0.385. The molecule has 0 heterocycles. The fourth-order valence-electron chi connectivity index (χ4n) is 0.995. The lowest BCUT2D eigenvalue weighted by atomic mass is 10.4. The van der Waals surface area contributed by atoms with Crippen molar-refractivity contribution < 1.29 is 19.1 Å². The first-order valence-corrected chi connectivity index (χ1v) is 5.56. The number of rotatable bonds is 8. The van der Waals surface area contributed by atoms with Crippen molar-refractivity contribution in [2.45, 2.75) is 13.8 Å². The summed E-state index contributed by atoms with van der Waals surface area (Å²) in [6.07, 6.45) is 6.71. The Bertz CT molecular complexity index is 345. The largest absolute Gasteiger partial charge is 0.461 e. The molecule has 0 fully saturated rings. The highest BCUT2D eigenvalue weighted by Gasteiger charge is 1.98. The lowest BCUT2D eigenvalue weighted by Crippen LogP contribution is -2.12. The van der Waals surface area contributed by atoms with Crippen LogP contribution >= 0.6 is 0 Å². The molecular weight excluding hydrogens is 234 g/mol. The van der Waals surface area contributed by atoms with Crippen LogP contribution in [0.15, 0.2) is 36.6 Å². The van der Waals surface area contributed by atoms with Gasteiger partial charge in [0.15, 0.2) is 0 Å². The van der Waals surface area contributed by atoms with Gasteiger partial charge in [-0.05, 0) is 12.2 Å². The summed E-state index contributed by atoms with van der Waals surface area (Å²) in [5.74, 6) is -0.456. The van der Waals surface area contributed by atoms with Crippen LogP contribution in [0, 0.1) is 0 Å². The van der Waals surface area contributed by atoms with Crippen molar-refractivity contribution >= 4 is 11.9 Å². The maximum atomic E-state index is 10.9. The van der Waals surface area contributed by atoms with Crippen molar-refractivity contribution in [3.05, 3.63) is 36.6 Å². The molecular formula is C13H19NO4. The number of ether oxygens (including phenoxy) is 2. The molecule has 0 aliphatic carbocycles. The number of carbonyl (C=O) groups excluding carboxylic acids is 2. The van der Waals surface area contributed by atoms with E-state index in [2.05, 4.69) is 11.9 Å². The Labute approximate surface area is 107 Å². The fourth-order valence-corrected chi connectivity index (χ4v) is 0.995. The number of allylic oxidation sites excluding steroid dienone is 1. The zero-order valence-electron chi connectivity index (χ0n) is 10.8. The molecule has 0 saturated heterocycles. The van der Waals surface area contributed by atoms with E-state index < -0.39 is 5.97 Å². The van der Waals surface area contributed by atoms with Crippen LogP contribution in [0.25, 0.3) is 0 Å². The molecule has 1 N–H and O–H groups in total. The van der Waals surface area contributed by atoms with Crippen LogP contribution in [0.1, 0.15) is 13.8 Å². The van der Waals surface area contributed by atoms with Gasteiger partial charge in [0.2, 0.25) is 0 Å². The molecule has 5 nitrogen and oxygen atoms in total. The van der Waals surface area contributed by atoms with E-state index in [1.54, 1.807) is 18.2 Å². The quantitative estimate of drug-likeness (QED) is 0.232. The lowest BCUT2D eigenvalue weighted by molar-refractivity contribution is -0.139. The van der Waals surface area contributed by atoms with Crippen molar-refractivity contribution in [2.75, 3.05) is 19.7 Å². The molecule has 0 aromatic rings. The van der Waals surface area contributed by atoms with Crippen LogP contribution < -0.4 is 5.32 Å². The van der Waals surface area contributed by atoms with Crippen molar-refractivity contribution in [1.29, 1.82) is 0 Å². The minimum atomic E-state index is -0.423. The first-order valence-electron chi connectivity index (χ1n) is 5.56. The van der Waals surface area contributed by atoms with Gasteiger partial charge < -0.3 is 14.8 Å². The minimum absolute atomic E-state index is 0.0718. The maximum absolute atomic E-state index is 10.9. The van der Waals surface area contributed by atoms with Crippen molar-refractivity contribution in [3.8, 4) is 0 Å². The molecule has 0 spiro atoms. The Kier molecular flexibility index (Phi) is 9.21. The van der Waals surface area contributed by atoms with Crippen LogP contribution in [0.4, 0.5) is 0 Å². The third-order valence-corrected chi connectivity index (χ3v) is 1.67. The second-order valence-electron chi connectivity index (χ2n) is 3.35. The smallest absolute Gasteiger partial charge is 0.308 e. The zero-order valence-corrected chi connectivity index (χ0v) is 10.8. The van der Waals surface area contributed by atoms with Crippen LogP contribution in [0.5, 0.6) is 0 Å². The number of esters is 2. The predicted molar refractivity (Wildman–Crippen MR) is 68.7 cm³/mol. The Hall–Kier alpha value is -1.88. The second-order valence-corrected chi connectivity index (χ2v) is 3.35. The highest BCUT2D eigenvalue weighted by molar-refractivity contribution is 5.68. The van der Waals surface area contributed by atoms with Crippen molar-refractivity contribution in [3.63, 3.8) is 0 Å². The van der Waals surface area contributed by atoms with Gasteiger partial charge in [0.1, 0.15) is 12.4 Å². The van der Waals surface area contributed by atoms with Gasteiger partial charge in [-0.15, -0.1) is 6.58 Å². The Morgan fingerprint density at radius 1 is 1.22 bits per heavy atom. The van der Waals surface area contributed by atoms with Gasteiger partial charge in [0.05, 0.1) is 0 Å². The van der Waals surface area contributed by atoms with Gasteiger partial charge in [0.25, 0.3) is 0 Å². The van der Waals surface area contributed by atoms with E-state index >= 15 is 0 Å². The van der Waals surface area contributed by atoms with Crippen LogP contribution in [0.2, 0.25) is 0 Å². The second kappa shape index (κ2) is 10.3. The summed E-state index contributed by atoms with van der Waals surface area (Å²) >= 11 is 0. The van der Waals surface area contributed by atoms with Crippen LogP contribution in [0.3, 0.4) is 0 Å². The first-order chi connectivity index (χ1) is 8.56. The molecule has 0 rings (SSSR count). The Balaban J connectivity index is 4.24. The molecule has 0 aliphatic rings. The van der Waals surface area contributed by atoms with Gasteiger partial charge in [-0.2, -0.15) is 0 Å². The van der Waals surface area contributed by atoms with E-state index in [4.69, 9.17) is 9.47 Å². The molecule has 0 radical (unpaired) electrons. The highest BCUT2D eigenvalue weighted by atomic mass is 16.5. The average Bonchev–Trinajstić information content (AvgIpc) is 2.27. The van der Waals surface area contributed by atoms with E-state index in [0.717, 1.165) is 0 Å². The molecule has 0 unspecified atom stereocenters. The predicted octanol–water partition coefficient (Wildman–Crippen LogP) is 1.33. The van der Waals surface area contributed by atoms with Crippen LogP contribution in [-0.2, 0) is 19.1 Å². The van der Waals surface area contributed by atoms with Gasteiger partial charge >= 0.3 is 11.9 Å². The van der Waals surface area contributed by atoms with E-state index in [1.165, 1.54) is 19.9 Å². The molecule has 5 heteroatoms. The summed E-state index contributed by atoms with van der Waals surface area (Å²) in [6.45, 7) is 7.59. The monoisotopic (exact) mass is 253 g/mol. The third kappa shape index (κ3) is 10.6. The maximum Gasteiger partial charge on any atom is 0.308 e. The Morgan fingerprint density at radius 2 is 1.94 bits per heavy atom. The van der Waals surface area contributed by atoms with E-state index in [-0.39, 0.29) is 12.6 Å². The molecule has 0 aromatic heterocycles. The molecule has 0 aliphatic heterocycles. The number of hydrogen-bond donors (Lipinski definition) is 1. The minimum Gasteiger partial charge on any atom is -0.461 e. The lowest BCUT2D eigenvalue weighted by Gasteiger charge is -2.03. The molecule has 0 atom stereocenters. The summed E-state index contributed by atoms with van der Waals surface area (Å²) in [7, 11) is 0. The number of hydrogen-bond acceptors (Lipinski definition) is 5. The van der Waals surface area contributed by atoms with Gasteiger partial charge in [-0.1, -0.05) is 12.2 Å². The molecule has 0 amide bonds. The summed E-state index contributed by atoms with van der Waals surface area (Å²) in [4.78, 5) is 21.4. The average molecular weight is 253 g/mol. The van der Waals surface area contributed by atoms with E-state index in [1.807, 2.05) is 0 Å². The summed E-state index contributed by atoms with van der Waals surface area (Å²) in [5.41, 5.74) is 0. The zero-order chi connectivity index (χ0) is 13.8. The number of nitrogens with one attached hydrogen (secondary N) is 1. The van der Waals surface area contributed by atoms with E-state index in [0.29, 0.717) is 18.8 Å². The molecule has 18 heavy (non-hydrogen) atoms. The highest BCUT2D eigenvalue weighted by Crippen LogP contribution is 2.00. The summed E-state index contributed by atoms with van der Waals surface area (Å²) < 4.78 is 9.66. The summed E-state index contributed by atoms with van der Waals surface area (Å²) in [5, 5.41) is 3.06. The van der Waals surface area contributed by atoms with Gasteiger partial charge in [-0.3, -0.25) is 9.59 Å². The molecule has 0 bridgehead atoms. The molecule has 0 saturated carbocycles. The topological polar surface area (TPSA) is 64.6 Å². The third-order valence-electron chi connectivity index (χ3n) is 1.67. The van der Waals surface area contributed by atoms with Gasteiger partial charge in [0, 0.05) is 26.9 Å².